The predicted molar refractivity (Wildman–Crippen MR) is 86.7 cm³/mol. The van der Waals surface area contributed by atoms with E-state index in [-0.39, 0.29) is 17.4 Å². The minimum absolute atomic E-state index is 0.0847. The third-order valence-corrected chi connectivity index (χ3v) is 5.02. The van der Waals surface area contributed by atoms with Crippen LogP contribution in [-0.4, -0.2) is 12.5 Å². The van der Waals surface area contributed by atoms with Gasteiger partial charge in [-0.05, 0) is 43.6 Å². The van der Waals surface area contributed by atoms with Crippen LogP contribution < -0.4 is 11.1 Å². The summed E-state index contributed by atoms with van der Waals surface area (Å²) in [4.78, 5) is 12.8. The minimum Gasteiger partial charge on any atom is -0.349 e. The van der Waals surface area contributed by atoms with Gasteiger partial charge >= 0.3 is 0 Å². The van der Waals surface area contributed by atoms with Crippen LogP contribution in [-0.2, 0) is 4.79 Å². The lowest BCUT2D eigenvalue weighted by Gasteiger charge is -2.38. The Morgan fingerprint density at radius 1 is 1.33 bits per heavy atom. The van der Waals surface area contributed by atoms with E-state index in [0.29, 0.717) is 12.5 Å². The number of nitrogens with two attached hydrogens (primary N) is 1. The molecule has 0 saturated heterocycles. The molecule has 0 radical (unpaired) electrons. The normalized spacial score (nSPS) is 27.1. The lowest BCUT2D eigenvalue weighted by Crippen LogP contribution is -2.48. The standard InChI is InChI=1S/C18H28N2O/c1-3-16(15-7-5-4-6-8-15)20-17(21)18(13-19)11-9-14(2)10-12-18/h4-8,14,16H,3,9-13,19H2,1-2H3,(H,20,21). The van der Waals surface area contributed by atoms with Crippen molar-refractivity contribution in [1.29, 1.82) is 0 Å². The number of amides is 1. The maximum atomic E-state index is 12.8. The molecule has 0 aromatic heterocycles. The second-order valence-electron chi connectivity index (χ2n) is 6.51. The van der Waals surface area contributed by atoms with Crippen LogP contribution in [0.1, 0.15) is 57.6 Å². The van der Waals surface area contributed by atoms with Gasteiger partial charge in [0.05, 0.1) is 11.5 Å². The number of nitrogens with one attached hydrogen (secondary N) is 1. The van der Waals surface area contributed by atoms with E-state index in [1.165, 1.54) is 5.56 Å². The van der Waals surface area contributed by atoms with E-state index in [4.69, 9.17) is 5.73 Å². The van der Waals surface area contributed by atoms with Crippen molar-refractivity contribution in [2.75, 3.05) is 6.54 Å². The van der Waals surface area contributed by atoms with E-state index in [1.54, 1.807) is 0 Å². The highest BCUT2D eigenvalue weighted by molar-refractivity contribution is 5.83. The van der Waals surface area contributed by atoms with Gasteiger partial charge in [-0.1, -0.05) is 44.2 Å². The number of benzene rings is 1. The van der Waals surface area contributed by atoms with Crippen molar-refractivity contribution in [2.45, 2.75) is 52.0 Å². The summed E-state index contributed by atoms with van der Waals surface area (Å²) >= 11 is 0. The van der Waals surface area contributed by atoms with Crippen LogP contribution in [0.2, 0.25) is 0 Å². The van der Waals surface area contributed by atoms with Gasteiger partial charge in [0.2, 0.25) is 5.91 Å². The molecule has 0 bridgehead atoms. The molecule has 3 nitrogen and oxygen atoms in total. The van der Waals surface area contributed by atoms with Crippen molar-refractivity contribution >= 4 is 5.91 Å². The summed E-state index contributed by atoms with van der Waals surface area (Å²) in [6.07, 6.45) is 4.94. The second kappa shape index (κ2) is 7.08. The molecule has 1 saturated carbocycles. The molecule has 3 N–H and O–H groups in total. The first-order valence-electron chi connectivity index (χ1n) is 8.17. The Labute approximate surface area is 128 Å². The average molecular weight is 288 g/mol. The molecule has 1 fully saturated rings. The van der Waals surface area contributed by atoms with Gasteiger partial charge in [0.15, 0.2) is 0 Å². The minimum atomic E-state index is -0.352. The highest BCUT2D eigenvalue weighted by Gasteiger charge is 2.40. The average Bonchev–Trinajstić information content (AvgIpc) is 2.54. The van der Waals surface area contributed by atoms with Crippen LogP contribution in [0, 0.1) is 11.3 Å². The van der Waals surface area contributed by atoms with Gasteiger partial charge in [0.25, 0.3) is 0 Å². The Morgan fingerprint density at radius 3 is 2.48 bits per heavy atom. The molecule has 1 aromatic carbocycles. The molecule has 0 heterocycles. The van der Waals surface area contributed by atoms with Crippen LogP contribution in [0.15, 0.2) is 30.3 Å². The molecular formula is C18H28N2O. The molecule has 0 spiro atoms. The van der Waals surface area contributed by atoms with Crippen molar-refractivity contribution in [3.8, 4) is 0 Å². The van der Waals surface area contributed by atoms with Crippen molar-refractivity contribution in [3.63, 3.8) is 0 Å². The Bertz CT molecular complexity index is 450. The van der Waals surface area contributed by atoms with E-state index < -0.39 is 0 Å². The van der Waals surface area contributed by atoms with Crippen LogP contribution >= 0.6 is 0 Å². The van der Waals surface area contributed by atoms with Gasteiger partial charge in [-0.2, -0.15) is 0 Å². The van der Waals surface area contributed by atoms with Crippen molar-refractivity contribution in [2.24, 2.45) is 17.1 Å². The first kappa shape index (κ1) is 16.0. The van der Waals surface area contributed by atoms with Crippen molar-refractivity contribution in [1.82, 2.24) is 5.32 Å². The molecule has 1 amide bonds. The summed E-state index contributed by atoms with van der Waals surface area (Å²) in [6.45, 7) is 4.82. The second-order valence-corrected chi connectivity index (χ2v) is 6.51. The zero-order valence-electron chi connectivity index (χ0n) is 13.3. The highest BCUT2D eigenvalue weighted by atomic mass is 16.2. The van der Waals surface area contributed by atoms with Gasteiger partial charge in [0.1, 0.15) is 0 Å². The number of rotatable bonds is 5. The molecule has 1 unspecified atom stereocenters. The maximum Gasteiger partial charge on any atom is 0.227 e. The summed E-state index contributed by atoms with van der Waals surface area (Å²) in [7, 11) is 0. The summed E-state index contributed by atoms with van der Waals surface area (Å²) in [5.74, 6) is 0.862. The smallest absolute Gasteiger partial charge is 0.227 e. The molecule has 1 aromatic rings. The fraction of sp³-hybridized carbons (Fsp3) is 0.611. The SMILES string of the molecule is CCC(NC(=O)C1(CN)CCC(C)CC1)c1ccccc1. The first-order valence-corrected chi connectivity index (χ1v) is 8.17. The predicted octanol–water partition coefficient (Wildman–Crippen LogP) is 3.41. The Morgan fingerprint density at radius 2 is 1.95 bits per heavy atom. The number of carbonyl (C=O) groups excluding carboxylic acids is 1. The van der Waals surface area contributed by atoms with E-state index in [1.807, 2.05) is 18.2 Å². The maximum absolute atomic E-state index is 12.8. The molecule has 1 aliphatic carbocycles. The third kappa shape index (κ3) is 3.65. The fourth-order valence-electron chi connectivity index (χ4n) is 3.26. The highest BCUT2D eigenvalue weighted by Crippen LogP contribution is 2.38. The van der Waals surface area contributed by atoms with Gasteiger partial charge in [-0.3, -0.25) is 4.79 Å². The lowest BCUT2D eigenvalue weighted by molar-refractivity contribution is -0.133. The first-order chi connectivity index (χ1) is 10.1. The monoisotopic (exact) mass is 288 g/mol. The van der Waals surface area contributed by atoms with E-state index in [9.17, 15) is 4.79 Å². The summed E-state index contributed by atoms with van der Waals surface area (Å²) in [5, 5.41) is 3.24. The number of hydrogen-bond acceptors (Lipinski definition) is 2. The molecule has 1 atom stereocenters. The quantitative estimate of drug-likeness (QED) is 0.872. The van der Waals surface area contributed by atoms with Gasteiger partial charge in [-0.15, -0.1) is 0 Å². The van der Waals surface area contributed by atoms with Crippen LogP contribution in [0.3, 0.4) is 0 Å². The van der Waals surface area contributed by atoms with Gasteiger partial charge in [-0.25, -0.2) is 0 Å². The van der Waals surface area contributed by atoms with Gasteiger partial charge in [0, 0.05) is 6.54 Å². The van der Waals surface area contributed by atoms with E-state index >= 15 is 0 Å². The molecule has 21 heavy (non-hydrogen) atoms. The van der Waals surface area contributed by atoms with Crippen LogP contribution in [0.4, 0.5) is 0 Å². The Hall–Kier alpha value is -1.35. The van der Waals surface area contributed by atoms with Crippen molar-refractivity contribution < 1.29 is 4.79 Å². The molecule has 2 rings (SSSR count). The van der Waals surface area contributed by atoms with Crippen LogP contribution in [0.5, 0.6) is 0 Å². The molecule has 1 aliphatic rings. The zero-order chi connectivity index (χ0) is 15.3. The molecule has 116 valence electrons. The van der Waals surface area contributed by atoms with E-state index in [2.05, 4.69) is 31.3 Å². The third-order valence-electron chi connectivity index (χ3n) is 5.02. The van der Waals surface area contributed by atoms with Crippen molar-refractivity contribution in [3.05, 3.63) is 35.9 Å². The molecule has 0 aliphatic heterocycles. The van der Waals surface area contributed by atoms with Gasteiger partial charge < -0.3 is 11.1 Å². The molecule has 3 heteroatoms. The van der Waals surface area contributed by atoms with E-state index in [0.717, 1.165) is 32.1 Å². The largest absolute Gasteiger partial charge is 0.349 e. The molecular weight excluding hydrogens is 260 g/mol. The number of carbonyl (C=O) groups is 1. The Balaban J connectivity index is 2.08. The summed E-state index contributed by atoms with van der Waals surface area (Å²) in [5.41, 5.74) is 6.80. The fourth-order valence-corrected chi connectivity index (χ4v) is 3.26. The Kier molecular flexibility index (Phi) is 5.40. The lowest BCUT2D eigenvalue weighted by atomic mass is 9.70. The van der Waals surface area contributed by atoms with Crippen LogP contribution in [0.25, 0.3) is 0 Å². The number of hydrogen-bond donors (Lipinski definition) is 2. The summed E-state index contributed by atoms with van der Waals surface area (Å²) in [6, 6.07) is 10.3. The summed E-state index contributed by atoms with van der Waals surface area (Å²) < 4.78 is 0. The zero-order valence-corrected chi connectivity index (χ0v) is 13.3. The topological polar surface area (TPSA) is 55.1 Å².